The van der Waals surface area contributed by atoms with Gasteiger partial charge in [0.1, 0.15) is 11.6 Å². The summed E-state index contributed by atoms with van der Waals surface area (Å²) in [5, 5.41) is 3.42. The van der Waals surface area contributed by atoms with Crippen LogP contribution in [0.25, 0.3) is 0 Å². The van der Waals surface area contributed by atoms with Crippen LogP contribution in [0.4, 0.5) is 4.39 Å². The standard InChI is InChI=1S/C15H17ClFNO/c16-14-10(2-1-3-12(14)17)8-13(19)11-9-15(11)4-6-18-7-5-15/h1-3,11,18H,4-9H2. The van der Waals surface area contributed by atoms with Gasteiger partial charge in [-0.15, -0.1) is 0 Å². The summed E-state index contributed by atoms with van der Waals surface area (Å²) in [5.74, 6) is -0.0670. The zero-order valence-corrected chi connectivity index (χ0v) is 11.5. The Morgan fingerprint density at radius 2 is 2.16 bits per heavy atom. The van der Waals surface area contributed by atoms with Gasteiger partial charge in [0.2, 0.25) is 0 Å². The summed E-state index contributed by atoms with van der Waals surface area (Å²) in [5.41, 5.74) is 0.852. The van der Waals surface area contributed by atoms with Crippen molar-refractivity contribution in [3.05, 3.63) is 34.6 Å². The van der Waals surface area contributed by atoms with Crippen LogP contribution in [0.3, 0.4) is 0 Å². The molecule has 0 amide bonds. The second kappa shape index (κ2) is 4.88. The van der Waals surface area contributed by atoms with E-state index in [0.29, 0.717) is 5.56 Å². The SMILES string of the molecule is O=C(Cc1cccc(F)c1Cl)C1CC12CCNCC2. The molecule has 0 radical (unpaired) electrons. The van der Waals surface area contributed by atoms with Crippen LogP contribution in [0.5, 0.6) is 0 Å². The summed E-state index contributed by atoms with van der Waals surface area (Å²) >= 11 is 5.90. The molecule has 2 aliphatic rings. The number of carbonyl (C=O) groups excluding carboxylic acids is 1. The largest absolute Gasteiger partial charge is 0.317 e. The molecule has 1 N–H and O–H groups in total. The number of piperidine rings is 1. The van der Waals surface area contributed by atoms with Crippen molar-refractivity contribution in [2.24, 2.45) is 11.3 Å². The molecule has 1 aromatic carbocycles. The average molecular weight is 282 g/mol. The normalized spacial score (nSPS) is 24.4. The van der Waals surface area contributed by atoms with Gasteiger partial charge in [0.25, 0.3) is 0 Å². The second-order valence-corrected chi connectivity index (χ2v) is 6.10. The number of nitrogens with one attached hydrogen (secondary N) is 1. The molecule has 102 valence electrons. The van der Waals surface area contributed by atoms with E-state index >= 15 is 0 Å². The van der Waals surface area contributed by atoms with Gasteiger partial charge in [-0.1, -0.05) is 23.7 Å². The van der Waals surface area contributed by atoms with Crippen LogP contribution in [0.15, 0.2) is 18.2 Å². The van der Waals surface area contributed by atoms with Gasteiger partial charge in [0, 0.05) is 12.3 Å². The van der Waals surface area contributed by atoms with Crippen LogP contribution in [0.2, 0.25) is 5.02 Å². The number of halogens is 2. The molecular formula is C15H17ClFNO. The lowest BCUT2D eigenvalue weighted by molar-refractivity contribution is -0.120. The monoisotopic (exact) mass is 281 g/mol. The van der Waals surface area contributed by atoms with E-state index in [1.165, 1.54) is 6.07 Å². The highest BCUT2D eigenvalue weighted by atomic mass is 35.5. The highest BCUT2D eigenvalue weighted by Gasteiger charge is 2.56. The first-order valence-electron chi connectivity index (χ1n) is 6.79. The maximum atomic E-state index is 13.3. The summed E-state index contributed by atoms with van der Waals surface area (Å²) in [6.07, 6.45) is 3.43. The molecule has 1 unspecified atom stereocenters. The van der Waals surface area contributed by atoms with Crippen LogP contribution in [-0.2, 0) is 11.2 Å². The Bertz CT molecular complexity index is 511. The summed E-state index contributed by atoms with van der Waals surface area (Å²) < 4.78 is 13.3. The smallest absolute Gasteiger partial charge is 0.142 e. The Hall–Kier alpha value is -0.930. The van der Waals surface area contributed by atoms with Gasteiger partial charge in [-0.2, -0.15) is 0 Å². The van der Waals surface area contributed by atoms with Gasteiger partial charge in [-0.05, 0) is 49.4 Å². The van der Waals surface area contributed by atoms with Crippen molar-refractivity contribution in [2.75, 3.05) is 13.1 Å². The molecular weight excluding hydrogens is 265 g/mol. The highest BCUT2D eigenvalue weighted by Crippen LogP contribution is 2.59. The van der Waals surface area contributed by atoms with Crippen molar-refractivity contribution in [3.63, 3.8) is 0 Å². The third-order valence-corrected chi connectivity index (χ3v) is 5.00. The third kappa shape index (κ3) is 2.41. The van der Waals surface area contributed by atoms with Crippen LogP contribution in [0.1, 0.15) is 24.8 Å². The molecule has 1 spiro atoms. The predicted octanol–water partition coefficient (Wildman–Crippen LogP) is 2.98. The number of Topliss-reactive ketones (excluding diaryl/α,β-unsaturated/α-hetero) is 1. The Morgan fingerprint density at radius 3 is 2.89 bits per heavy atom. The topological polar surface area (TPSA) is 29.1 Å². The minimum atomic E-state index is -0.445. The van der Waals surface area contributed by atoms with Gasteiger partial charge in [0.05, 0.1) is 5.02 Å². The summed E-state index contributed by atoms with van der Waals surface area (Å²) in [6.45, 7) is 2.01. The number of rotatable bonds is 3. The van der Waals surface area contributed by atoms with E-state index in [1.807, 2.05) is 0 Å². The fraction of sp³-hybridized carbons (Fsp3) is 0.533. The van der Waals surface area contributed by atoms with E-state index in [2.05, 4.69) is 5.32 Å². The first-order chi connectivity index (χ1) is 9.12. The first kappa shape index (κ1) is 13.1. The van der Waals surface area contributed by atoms with E-state index in [4.69, 9.17) is 11.6 Å². The fourth-order valence-electron chi connectivity index (χ4n) is 3.28. The van der Waals surface area contributed by atoms with E-state index in [9.17, 15) is 9.18 Å². The van der Waals surface area contributed by atoms with Crippen LogP contribution in [0, 0.1) is 17.2 Å². The molecule has 2 nitrogen and oxygen atoms in total. The lowest BCUT2D eigenvalue weighted by Crippen LogP contribution is -2.31. The molecule has 1 saturated heterocycles. The predicted molar refractivity (Wildman–Crippen MR) is 72.8 cm³/mol. The van der Waals surface area contributed by atoms with Crippen molar-refractivity contribution in [1.29, 1.82) is 0 Å². The maximum Gasteiger partial charge on any atom is 0.142 e. The molecule has 4 heteroatoms. The van der Waals surface area contributed by atoms with Gasteiger partial charge in [0.15, 0.2) is 0 Å². The number of hydrogen-bond acceptors (Lipinski definition) is 2. The van der Waals surface area contributed by atoms with Gasteiger partial charge < -0.3 is 5.32 Å². The minimum absolute atomic E-state index is 0.0934. The summed E-state index contributed by atoms with van der Waals surface area (Å²) in [7, 11) is 0. The molecule has 19 heavy (non-hydrogen) atoms. The van der Waals surface area contributed by atoms with Gasteiger partial charge in [-0.25, -0.2) is 4.39 Å². The Balaban J connectivity index is 1.68. The van der Waals surface area contributed by atoms with Crippen LogP contribution in [-0.4, -0.2) is 18.9 Å². The van der Waals surface area contributed by atoms with E-state index in [-0.39, 0.29) is 28.6 Å². The van der Waals surface area contributed by atoms with Gasteiger partial charge >= 0.3 is 0 Å². The quantitative estimate of drug-likeness (QED) is 0.923. The second-order valence-electron chi connectivity index (χ2n) is 5.73. The Morgan fingerprint density at radius 1 is 1.42 bits per heavy atom. The van der Waals surface area contributed by atoms with Gasteiger partial charge in [-0.3, -0.25) is 4.79 Å². The van der Waals surface area contributed by atoms with Crippen molar-refractivity contribution >= 4 is 17.4 Å². The maximum absolute atomic E-state index is 13.3. The van der Waals surface area contributed by atoms with Crippen molar-refractivity contribution < 1.29 is 9.18 Å². The Kier molecular flexibility index (Phi) is 3.35. The first-order valence-corrected chi connectivity index (χ1v) is 7.16. The summed E-state index contributed by atoms with van der Waals surface area (Å²) in [6, 6.07) is 4.67. The van der Waals surface area contributed by atoms with E-state index in [0.717, 1.165) is 32.4 Å². The zero-order chi connectivity index (χ0) is 13.5. The average Bonchev–Trinajstić information content (AvgIpc) is 3.09. The Labute approximate surface area is 117 Å². The minimum Gasteiger partial charge on any atom is -0.317 e. The molecule has 0 bridgehead atoms. The third-order valence-electron chi connectivity index (χ3n) is 4.57. The number of hydrogen-bond donors (Lipinski definition) is 1. The van der Waals surface area contributed by atoms with Crippen LogP contribution < -0.4 is 5.32 Å². The van der Waals surface area contributed by atoms with Crippen molar-refractivity contribution in [1.82, 2.24) is 5.32 Å². The van der Waals surface area contributed by atoms with E-state index < -0.39 is 5.82 Å². The van der Waals surface area contributed by atoms with Crippen molar-refractivity contribution in [2.45, 2.75) is 25.7 Å². The van der Waals surface area contributed by atoms with E-state index in [1.54, 1.807) is 12.1 Å². The number of benzene rings is 1. The summed E-state index contributed by atoms with van der Waals surface area (Å²) in [4.78, 5) is 12.3. The fourth-order valence-corrected chi connectivity index (χ4v) is 3.47. The lowest BCUT2D eigenvalue weighted by atomic mass is 9.89. The number of carbonyl (C=O) groups is 1. The molecule has 1 aliphatic heterocycles. The molecule has 1 aromatic rings. The molecule has 2 fully saturated rings. The highest BCUT2D eigenvalue weighted by molar-refractivity contribution is 6.31. The zero-order valence-electron chi connectivity index (χ0n) is 10.7. The molecule has 1 heterocycles. The molecule has 3 rings (SSSR count). The van der Waals surface area contributed by atoms with Crippen molar-refractivity contribution in [3.8, 4) is 0 Å². The molecule has 0 aromatic heterocycles. The molecule has 1 atom stereocenters. The number of ketones is 1. The molecule has 1 aliphatic carbocycles. The molecule has 1 saturated carbocycles. The lowest BCUT2D eigenvalue weighted by Gasteiger charge is -2.23. The van der Waals surface area contributed by atoms with Crippen LogP contribution >= 0.6 is 11.6 Å².